The van der Waals surface area contributed by atoms with Crippen molar-refractivity contribution in [2.24, 2.45) is 0 Å². The van der Waals surface area contributed by atoms with Gasteiger partial charge in [-0.2, -0.15) is 0 Å². The van der Waals surface area contributed by atoms with E-state index in [0.717, 1.165) is 38.5 Å². The van der Waals surface area contributed by atoms with E-state index in [1.54, 1.807) is 13.8 Å². The number of carbonyl (C=O) groups excluding carboxylic acids is 2. The van der Waals surface area contributed by atoms with E-state index in [1.165, 1.54) is 104 Å². The molecule has 44 heavy (non-hydrogen) atoms. The van der Waals surface area contributed by atoms with Gasteiger partial charge in [0.25, 0.3) is 0 Å². The van der Waals surface area contributed by atoms with Gasteiger partial charge in [-0.05, 0) is 53.4 Å². The van der Waals surface area contributed by atoms with Crippen molar-refractivity contribution < 1.29 is 39.5 Å². The third-order valence-electron chi connectivity index (χ3n) is 7.83. The fourth-order valence-electron chi connectivity index (χ4n) is 4.82. The van der Waals surface area contributed by atoms with Crippen LogP contribution in [0.3, 0.4) is 0 Å². The molecule has 0 saturated heterocycles. The zero-order chi connectivity index (χ0) is 33.7. The van der Waals surface area contributed by atoms with E-state index >= 15 is 0 Å². The predicted octanol–water partition coefficient (Wildman–Crippen LogP) is 7.94. The standard InChI is InChI=1S/2C18H36O4/c2*1-4-5-6-7-8-9-10-11-12-13-14-18(3,21)17(20)22-15-16(2)19/h2*16,19,21H,4-15H2,1-3H3. The Morgan fingerprint density at radius 2 is 0.727 bits per heavy atom. The third-order valence-corrected chi connectivity index (χ3v) is 7.83. The second-order valence-electron chi connectivity index (χ2n) is 13.3. The molecular weight excluding hydrogens is 560 g/mol. The first kappa shape index (κ1) is 44.9. The average Bonchev–Trinajstić information content (AvgIpc) is 2.96. The average molecular weight is 633 g/mol. The minimum absolute atomic E-state index is 0.0625. The van der Waals surface area contributed by atoms with Crippen molar-refractivity contribution >= 4 is 11.9 Å². The molecule has 4 atom stereocenters. The number of esters is 2. The van der Waals surface area contributed by atoms with Crippen LogP contribution in [0.1, 0.15) is 183 Å². The molecule has 0 aromatic heterocycles. The normalized spacial score (nSPS) is 15.3. The van der Waals surface area contributed by atoms with E-state index in [4.69, 9.17) is 19.7 Å². The number of ether oxygens (including phenoxy) is 2. The van der Waals surface area contributed by atoms with Gasteiger partial charge in [-0.15, -0.1) is 0 Å². The molecule has 0 heterocycles. The fourth-order valence-corrected chi connectivity index (χ4v) is 4.82. The summed E-state index contributed by atoms with van der Waals surface area (Å²) in [6.45, 7) is 10.4. The van der Waals surface area contributed by atoms with Gasteiger partial charge in [-0.3, -0.25) is 0 Å². The summed E-state index contributed by atoms with van der Waals surface area (Å²) in [5, 5.41) is 38.3. The van der Waals surface area contributed by atoms with Gasteiger partial charge in [0, 0.05) is 0 Å². The lowest BCUT2D eigenvalue weighted by molar-refractivity contribution is -0.167. The van der Waals surface area contributed by atoms with Gasteiger partial charge in [0.1, 0.15) is 13.2 Å². The van der Waals surface area contributed by atoms with Crippen LogP contribution in [0.2, 0.25) is 0 Å². The van der Waals surface area contributed by atoms with Crippen molar-refractivity contribution in [1.29, 1.82) is 0 Å². The third kappa shape index (κ3) is 29.5. The van der Waals surface area contributed by atoms with Crippen LogP contribution in [0.25, 0.3) is 0 Å². The fraction of sp³-hybridized carbons (Fsp3) is 0.944. The Bertz CT molecular complexity index is 605. The molecule has 0 radical (unpaired) electrons. The molecule has 0 aliphatic rings. The largest absolute Gasteiger partial charge is 0.461 e. The molecule has 0 amide bonds. The number of aliphatic hydroxyl groups excluding tert-OH is 2. The lowest BCUT2D eigenvalue weighted by Crippen LogP contribution is -2.38. The molecule has 0 aromatic carbocycles. The van der Waals surface area contributed by atoms with Gasteiger partial charge >= 0.3 is 11.9 Å². The van der Waals surface area contributed by atoms with E-state index in [1.807, 2.05) is 0 Å². The van der Waals surface area contributed by atoms with Gasteiger partial charge in [0.2, 0.25) is 0 Å². The first-order chi connectivity index (χ1) is 20.8. The zero-order valence-corrected chi connectivity index (χ0v) is 29.5. The van der Waals surface area contributed by atoms with E-state index in [-0.39, 0.29) is 13.2 Å². The number of hydrogen-bond donors (Lipinski definition) is 4. The second-order valence-corrected chi connectivity index (χ2v) is 13.3. The maximum atomic E-state index is 11.7. The molecule has 0 aromatic rings. The van der Waals surface area contributed by atoms with E-state index in [2.05, 4.69) is 13.8 Å². The van der Waals surface area contributed by atoms with Crippen LogP contribution in [0.5, 0.6) is 0 Å². The van der Waals surface area contributed by atoms with E-state index < -0.39 is 35.3 Å². The Morgan fingerprint density at radius 3 is 0.955 bits per heavy atom. The van der Waals surface area contributed by atoms with Crippen LogP contribution in [-0.4, -0.2) is 69.0 Å². The summed E-state index contributed by atoms with van der Waals surface area (Å²) in [6.07, 6.45) is 23.9. The van der Waals surface area contributed by atoms with Crippen LogP contribution in [-0.2, 0) is 19.1 Å². The van der Waals surface area contributed by atoms with Crippen molar-refractivity contribution in [3.05, 3.63) is 0 Å². The van der Waals surface area contributed by atoms with Crippen LogP contribution < -0.4 is 0 Å². The molecule has 8 heteroatoms. The second kappa shape index (κ2) is 29.2. The summed E-state index contributed by atoms with van der Waals surface area (Å²) in [5.41, 5.74) is -2.87. The first-order valence-electron chi connectivity index (χ1n) is 17.9. The van der Waals surface area contributed by atoms with Gasteiger partial charge in [0.05, 0.1) is 12.2 Å². The SMILES string of the molecule is CCCCCCCCCCCCC(C)(O)C(=O)OCC(C)O.CCCCCCCCCCCCC(C)(O)C(=O)OCC(C)O. The molecule has 0 aliphatic carbocycles. The van der Waals surface area contributed by atoms with Crippen molar-refractivity contribution in [2.45, 2.75) is 206 Å². The molecule has 0 saturated carbocycles. The van der Waals surface area contributed by atoms with Crippen LogP contribution >= 0.6 is 0 Å². The van der Waals surface area contributed by atoms with Gasteiger partial charge in [0.15, 0.2) is 11.2 Å². The quantitative estimate of drug-likeness (QED) is 0.0504. The Kier molecular flexibility index (Phi) is 29.8. The molecule has 4 N–H and O–H groups in total. The topological polar surface area (TPSA) is 134 Å². The Hall–Kier alpha value is -1.22. The smallest absolute Gasteiger partial charge is 0.337 e. The molecule has 4 unspecified atom stereocenters. The Morgan fingerprint density at radius 1 is 0.500 bits per heavy atom. The number of carbonyl (C=O) groups is 2. The molecule has 0 fully saturated rings. The van der Waals surface area contributed by atoms with E-state index in [9.17, 15) is 19.8 Å². The van der Waals surface area contributed by atoms with Crippen LogP contribution in [0.15, 0.2) is 0 Å². The van der Waals surface area contributed by atoms with Crippen LogP contribution in [0, 0.1) is 0 Å². The Labute approximate surface area is 270 Å². The number of hydrogen-bond acceptors (Lipinski definition) is 8. The summed E-state index contributed by atoms with van der Waals surface area (Å²) in [4.78, 5) is 23.4. The lowest BCUT2D eigenvalue weighted by atomic mass is 9.97. The van der Waals surface area contributed by atoms with Crippen molar-refractivity contribution in [1.82, 2.24) is 0 Å². The highest BCUT2D eigenvalue weighted by Gasteiger charge is 2.32. The van der Waals surface area contributed by atoms with Crippen molar-refractivity contribution in [3.63, 3.8) is 0 Å². The van der Waals surface area contributed by atoms with Gasteiger partial charge in [-0.25, -0.2) is 9.59 Å². The first-order valence-corrected chi connectivity index (χ1v) is 17.9. The lowest BCUT2D eigenvalue weighted by Gasteiger charge is -2.21. The monoisotopic (exact) mass is 633 g/mol. The van der Waals surface area contributed by atoms with Gasteiger partial charge < -0.3 is 29.9 Å². The number of rotatable bonds is 28. The molecule has 0 aliphatic heterocycles. The van der Waals surface area contributed by atoms with Crippen LogP contribution in [0.4, 0.5) is 0 Å². The minimum Gasteiger partial charge on any atom is -0.461 e. The number of unbranched alkanes of at least 4 members (excludes halogenated alkanes) is 18. The number of aliphatic hydroxyl groups is 4. The molecule has 0 rings (SSSR count). The van der Waals surface area contributed by atoms with E-state index in [0.29, 0.717) is 12.8 Å². The zero-order valence-electron chi connectivity index (χ0n) is 29.5. The highest BCUT2D eigenvalue weighted by atomic mass is 16.6. The summed E-state index contributed by atoms with van der Waals surface area (Å²) in [6, 6.07) is 0. The molecular formula is C36H72O8. The highest BCUT2D eigenvalue weighted by molar-refractivity contribution is 5.79. The van der Waals surface area contributed by atoms with Crippen molar-refractivity contribution in [2.75, 3.05) is 13.2 Å². The minimum atomic E-state index is -1.44. The highest BCUT2D eigenvalue weighted by Crippen LogP contribution is 2.19. The Balaban J connectivity index is 0. The summed E-state index contributed by atoms with van der Waals surface area (Å²) < 4.78 is 9.74. The molecule has 8 nitrogen and oxygen atoms in total. The van der Waals surface area contributed by atoms with Crippen molar-refractivity contribution in [3.8, 4) is 0 Å². The summed E-state index contributed by atoms with van der Waals surface area (Å²) in [7, 11) is 0. The maximum absolute atomic E-state index is 11.7. The molecule has 264 valence electrons. The predicted molar refractivity (Wildman–Crippen MR) is 179 cm³/mol. The summed E-state index contributed by atoms with van der Waals surface area (Å²) >= 11 is 0. The summed E-state index contributed by atoms with van der Waals surface area (Å²) in [5.74, 6) is -1.27. The van der Waals surface area contributed by atoms with Gasteiger partial charge in [-0.1, -0.05) is 129 Å². The maximum Gasteiger partial charge on any atom is 0.337 e. The molecule has 0 bridgehead atoms. The molecule has 0 spiro atoms.